The minimum absolute atomic E-state index is 0.0695. The molecule has 0 spiro atoms. The van der Waals surface area contributed by atoms with E-state index < -0.39 is 21.2 Å². The zero-order valence-corrected chi connectivity index (χ0v) is 25.8. The highest BCUT2D eigenvalue weighted by Crippen LogP contribution is 2.40. The molecular weight excluding hydrogens is 615 g/mol. The molecule has 216 valence electrons. The Morgan fingerprint density at radius 1 is 1.07 bits per heavy atom. The van der Waals surface area contributed by atoms with E-state index in [9.17, 15) is 13.2 Å². The SMILES string of the molecule is CC(C)c1onc(-c2c(Cl)cccc2Cl)c1COc1ccc2cc(-c3cccc(C(=O)NS(=O)(=O)C4CC4)c3)sc2c1. The third-order valence-corrected chi connectivity index (χ3v) is 10.6. The van der Waals surface area contributed by atoms with E-state index in [1.807, 2.05) is 44.2 Å². The molecule has 6 rings (SSSR count). The van der Waals surface area contributed by atoms with E-state index in [0.29, 0.717) is 51.2 Å². The van der Waals surface area contributed by atoms with Crippen LogP contribution >= 0.6 is 34.5 Å². The average Bonchev–Trinajstić information content (AvgIpc) is 3.62. The molecule has 3 aromatic carbocycles. The molecule has 2 aromatic heterocycles. The summed E-state index contributed by atoms with van der Waals surface area (Å²) in [6.07, 6.45) is 1.18. The van der Waals surface area contributed by atoms with Crippen molar-refractivity contribution < 1.29 is 22.5 Å². The number of aromatic nitrogens is 1. The number of nitrogens with zero attached hydrogens (tertiary/aromatic N) is 1. The first-order valence-electron chi connectivity index (χ1n) is 13.4. The zero-order chi connectivity index (χ0) is 29.6. The molecule has 0 saturated heterocycles. The molecule has 1 amide bonds. The second-order valence-corrected chi connectivity index (χ2v) is 14.3. The summed E-state index contributed by atoms with van der Waals surface area (Å²) in [5.41, 5.74) is 3.06. The molecule has 1 aliphatic rings. The minimum atomic E-state index is -3.62. The van der Waals surface area contributed by atoms with Crippen molar-refractivity contribution in [3.63, 3.8) is 0 Å². The number of fused-ring (bicyclic) bond motifs is 1. The molecular formula is C31H26Cl2N2O5S2. The monoisotopic (exact) mass is 640 g/mol. The maximum absolute atomic E-state index is 12.7. The fourth-order valence-electron chi connectivity index (χ4n) is 4.70. The Morgan fingerprint density at radius 2 is 1.81 bits per heavy atom. The van der Waals surface area contributed by atoms with Crippen LogP contribution in [0.25, 0.3) is 31.8 Å². The number of hydrogen-bond donors (Lipinski definition) is 1. The van der Waals surface area contributed by atoms with E-state index in [1.165, 1.54) is 0 Å². The van der Waals surface area contributed by atoms with Gasteiger partial charge in [0.15, 0.2) is 0 Å². The maximum Gasteiger partial charge on any atom is 0.264 e. The first kappa shape index (κ1) is 28.7. The number of hydrogen-bond acceptors (Lipinski definition) is 7. The molecule has 0 atom stereocenters. The molecule has 0 radical (unpaired) electrons. The third-order valence-electron chi connectivity index (χ3n) is 7.02. The van der Waals surface area contributed by atoms with Crippen LogP contribution in [0.5, 0.6) is 5.75 Å². The van der Waals surface area contributed by atoms with Gasteiger partial charge in [-0.2, -0.15) is 0 Å². The summed E-state index contributed by atoms with van der Waals surface area (Å²) in [6, 6.07) is 20.2. The van der Waals surface area contributed by atoms with Crippen molar-refractivity contribution in [1.29, 1.82) is 0 Å². The number of nitrogens with one attached hydrogen (secondary N) is 1. The van der Waals surface area contributed by atoms with Crippen molar-refractivity contribution in [2.24, 2.45) is 0 Å². The number of halogens is 2. The highest BCUT2D eigenvalue weighted by atomic mass is 35.5. The van der Waals surface area contributed by atoms with Crippen molar-refractivity contribution in [3.05, 3.63) is 93.7 Å². The van der Waals surface area contributed by atoms with Gasteiger partial charge in [-0.25, -0.2) is 13.1 Å². The summed E-state index contributed by atoms with van der Waals surface area (Å²) >= 11 is 14.5. The van der Waals surface area contributed by atoms with E-state index >= 15 is 0 Å². The van der Waals surface area contributed by atoms with Gasteiger partial charge >= 0.3 is 0 Å². The first-order valence-corrected chi connectivity index (χ1v) is 16.5. The lowest BCUT2D eigenvalue weighted by Gasteiger charge is -2.11. The van der Waals surface area contributed by atoms with Gasteiger partial charge < -0.3 is 9.26 Å². The fraction of sp³-hybridized carbons (Fsp3) is 0.226. The molecule has 1 saturated carbocycles. The molecule has 11 heteroatoms. The van der Waals surface area contributed by atoms with Crippen LogP contribution in [-0.4, -0.2) is 24.7 Å². The maximum atomic E-state index is 12.7. The largest absolute Gasteiger partial charge is 0.489 e. The van der Waals surface area contributed by atoms with Crippen LogP contribution in [0.15, 0.2) is 71.3 Å². The zero-order valence-electron chi connectivity index (χ0n) is 22.7. The Hall–Kier alpha value is -3.37. The highest BCUT2D eigenvalue weighted by Gasteiger charge is 2.37. The summed E-state index contributed by atoms with van der Waals surface area (Å²) in [6.45, 7) is 4.25. The topological polar surface area (TPSA) is 98.5 Å². The molecule has 42 heavy (non-hydrogen) atoms. The summed E-state index contributed by atoms with van der Waals surface area (Å²) in [5, 5.41) is 5.80. The quantitative estimate of drug-likeness (QED) is 0.173. The number of sulfonamides is 1. The van der Waals surface area contributed by atoms with Crippen LogP contribution in [0.2, 0.25) is 10.0 Å². The van der Waals surface area contributed by atoms with Crippen LogP contribution in [0.1, 0.15) is 54.3 Å². The summed E-state index contributed by atoms with van der Waals surface area (Å²) in [5.74, 6) is 0.823. The van der Waals surface area contributed by atoms with E-state index in [2.05, 4.69) is 9.88 Å². The Bertz CT molecular complexity index is 1910. The van der Waals surface area contributed by atoms with Gasteiger partial charge in [0.05, 0.1) is 20.9 Å². The van der Waals surface area contributed by atoms with Gasteiger partial charge in [0.2, 0.25) is 10.0 Å². The predicted octanol–water partition coefficient (Wildman–Crippen LogP) is 8.45. The summed E-state index contributed by atoms with van der Waals surface area (Å²) < 4.78 is 39.6. The van der Waals surface area contributed by atoms with Gasteiger partial charge in [0, 0.05) is 26.6 Å². The van der Waals surface area contributed by atoms with Crippen LogP contribution in [0.4, 0.5) is 0 Å². The van der Waals surface area contributed by atoms with Gasteiger partial charge in [0.1, 0.15) is 23.8 Å². The Labute approximate surface area is 257 Å². The highest BCUT2D eigenvalue weighted by molar-refractivity contribution is 7.91. The average molecular weight is 642 g/mol. The van der Waals surface area contributed by atoms with E-state index in [1.54, 1.807) is 47.7 Å². The third kappa shape index (κ3) is 5.79. The second kappa shape index (κ2) is 11.4. The number of rotatable bonds is 9. The molecule has 1 aliphatic carbocycles. The van der Waals surface area contributed by atoms with Crippen molar-refractivity contribution in [3.8, 4) is 27.4 Å². The van der Waals surface area contributed by atoms with Gasteiger partial charge in [-0.05, 0) is 72.3 Å². The van der Waals surface area contributed by atoms with E-state index in [-0.39, 0.29) is 12.5 Å². The van der Waals surface area contributed by atoms with Crippen LogP contribution in [-0.2, 0) is 16.6 Å². The summed E-state index contributed by atoms with van der Waals surface area (Å²) in [4.78, 5) is 13.6. The van der Waals surface area contributed by atoms with E-state index in [4.69, 9.17) is 32.5 Å². The number of carbonyl (C=O) groups excluding carboxylic acids is 1. The fourth-order valence-corrected chi connectivity index (χ4v) is 7.66. The standard InChI is InChI=1S/C31H26Cl2N2O5S2/c1-17(2)30-23(29(34-40-30)28-24(32)7-4-8-25(28)33)16-39-21-10-9-19-14-26(41-27(19)15-21)18-5-3-6-20(13-18)31(36)35-42(37,38)22-11-12-22/h3-10,13-15,17,22H,11-12,16H2,1-2H3,(H,35,36). The molecule has 1 fully saturated rings. The molecule has 2 heterocycles. The van der Waals surface area contributed by atoms with Crippen LogP contribution in [0.3, 0.4) is 0 Å². The number of ether oxygens (including phenoxy) is 1. The molecule has 1 N–H and O–H groups in total. The lowest BCUT2D eigenvalue weighted by atomic mass is 10.0. The summed E-state index contributed by atoms with van der Waals surface area (Å²) in [7, 11) is -3.62. The van der Waals surface area contributed by atoms with Gasteiger partial charge in [0.25, 0.3) is 5.91 Å². The molecule has 0 unspecified atom stereocenters. The molecule has 5 aromatic rings. The van der Waals surface area contributed by atoms with Crippen molar-refractivity contribution in [2.75, 3.05) is 0 Å². The Balaban J connectivity index is 1.24. The van der Waals surface area contributed by atoms with Crippen LogP contribution in [0, 0.1) is 0 Å². The lowest BCUT2D eigenvalue weighted by molar-refractivity contribution is 0.0981. The van der Waals surface area contributed by atoms with Crippen molar-refractivity contribution in [1.82, 2.24) is 9.88 Å². The Morgan fingerprint density at radius 3 is 2.52 bits per heavy atom. The number of thiophene rings is 1. The molecule has 0 aliphatic heterocycles. The number of amides is 1. The van der Waals surface area contributed by atoms with Crippen LogP contribution < -0.4 is 9.46 Å². The lowest BCUT2D eigenvalue weighted by Crippen LogP contribution is -2.33. The molecule has 0 bridgehead atoms. The van der Waals surface area contributed by atoms with Crippen molar-refractivity contribution >= 4 is 60.6 Å². The predicted molar refractivity (Wildman–Crippen MR) is 167 cm³/mol. The number of carbonyl (C=O) groups is 1. The van der Waals surface area contributed by atoms with Crippen molar-refractivity contribution in [2.45, 2.75) is 44.5 Å². The minimum Gasteiger partial charge on any atom is -0.489 e. The number of benzene rings is 3. The second-order valence-electron chi connectivity index (χ2n) is 10.5. The first-order chi connectivity index (χ1) is 20.1. The normalized spacial score (nSPS) is 13.5. The van der Waals surface area contributed by atoms with Gasteiger partial charge in [-0.15, -0.1) is 11.3 Å². The van der Waals surface area contributed by atoms with Gasteiger partial charge in [-0.1, -0.05) is 60.4 Å². The molecule has 7 nitrogen and oxygen atoms in total. The Kier molecular flexibility index (Phi) is 7.78. The van der Waals surface area contributed by atoms with E-state index in [0.717, 1.165) is 26.1 Å². The van der Waals surface area contributed by atoms with Gasteiger partial charge in [-0.3, -0.25) is 4.79 Å². The smallest absolute Gasteiger partial charge is 0.264 e.